The molecule has 0 radical (unpaired) electrons. The second-order valence-electron chi connectivity index (χ2n) is 4.39. The molecule has 2 atom stereocenters. The number of aryl methyl sites for hydroxylation is 1. The predicted octanol–water partition coefficient (Wildman–Crippen LogP) is 0.940. The molecular weight excluding hydrogens is 216 g/mol. The fourth-order valence-corrected chi connectivity index (χ4v) is 2.13. The molecule has 0 saturated heterocycles. The van der Waals surface area contributed by atoms with Gasteiger partial charge in [0.1, 0.15) is 5.75 Å². The quantitative estimate of drug-likeness (QED) is 0.729. The van der Waals surface area contributed by atoms with Gasteiger partial charge in [-0.1, -0.05) is 0 Å². The van der Waals surface area contributed by atoms with Crippen LogP contribution in [0.2, 0.25) is 0 Å². The average molecular weight is 238 g/mol. The van der Waals surface area contributed by atoms with E-state index in [-0.39, 0.29) is 6.54 Å². The molecule has 0 amide bonds. The van der Waals surface area contributed by atoms with Crippen LogP contribution < -0.4 is 16.2 Å². The first-order chi connectivity index (χ1) is 7.93. The molecule has 96 valence electrons. The topological polar surface area (TPSA) is 81.5 Å². The van der Waals surface area contributed by atoms with Gasteiger partial charge in [0.2, 0.25) is 0 Å². The molecule has 1 rings (SSSR count). The van der Waals surface area contributed by atoms with Crippen molar-refractivity contribution in [3.63, 3.8) is 0 Å². The van der Waals surface area contributed by atoms with Crippen molar-refractivity contribution < 1.29 is 9.84 Å². The monoisotopic (exact) mass is 238 g/mol. The van der Waals surface area contributed by atoms with E-state index >= 15 is 0 Å². The second kappa shape index (κ2) is 5.49. The summed E-state index contributed by atoms with van der Waals surface area (Å²) >= 11 is 0. The van der Waals surface area contributed by atoms with Crippen molar-refractivity contribution >= 4 is 0 Å². The maximum absolute atomic E-state index is 9.76. The standard InChI is InChI=1S/C13H22N2O2/c1-7-5-11(17-4)8(2)9(3)12(7)13(15)10(16)6-14/h5,10,13,16H,6,14-15H2,1-4H3. The Morgan fingerprint density at radius 2 is 1.88 bits per heavy atom. The van der Waals surface area contributed by atoms with Gasteiger partial charge in [-0.05, 0) is 49.1 Å². The van der Waals surface area contributed by atoms with Crippen LogP contribution in [0.25, 0.3) is 0 Å². The lowest BCUT2D eigenvalue weighted by Gasteiger charge is -2.24. The number of ether oxygens (including phenoxy) is 1. The second-order valence-corrected chi connectivity index (χ2v) is 4.39. The van der Waals surface area contributed by atoms with Crippen LogP contribution in [-0.4, -0.2) is 24.9 Å². The van der Waals surface area contributed by atoms with E-state index in [2.05, 4.69) is 0 Å². The van der Waals surface area contributed by atoms with E-state index in [9.17, 15) is 5.11 Å². The fourth-order valence-electron chi connectivity index (χ4n) is 2.13. The zero-order chi connectivity index (χ0) is 13.2. The number of benzene rings is 1. The lowest BCUT2D eigenvalue weighted by molar-refractivity contribution is 0.152. The number of hydrogen-bond acceptors (Lipinski definition) is 4. The summed E-state index contributed by atoms with van der Waals surface area (Å²) in [5.74, 6) is 0.846. The summed E-state index contributed by atoms with van der Waals surface area (Å²) in [6.07, 6.45) is -0.722. The van der Waals surface area contributed by atoms with Crippen LogP contribution in [0.3, 0.4) is 0 Å². The Morgan fingerprint density at radius 1 is 1.29 bits per heavy atom. The van der Waals surface area contributed by atoms with Gasteiger partial charge in [0.25, 0.3) is 0 Å². The summed E-state index contributed by atoms with van der Waals surface area (Å²) in [6, 6.07) is 1.49. The van der Waals surface area contributed by atoms with E-state index in [1.807, 2.05) is 26.8 Å². The van der Waals surface area contributed by atoms with E-state index in [0.717, 1.165) is 28.0 Å². The van der Waals surface area contributed by atoms with Gasteiger partial charge >= 0.3 is 0 Å². The molecule has 1 aromatic rings. The highest BCUT2D eigenvalue weighted by Crippen LogP contribution is 2.31. The SMILES string of the molecule is COc1cc(C)c(C(N)C(O)CN)c(C)c1C. The number of rotatable bonds is 4. The number of methoxy groups -OCH3 is 1. The first-order valence-corrected chi connectivity index (χ1v) is 5.72. The van der Waals surface area contributed by atoms with Crippen LogP contribution in [0.15, 0.2) is 6.07 Å². The molecule has 4 heteroatoms. The van der Waals surface area contributed by atoms with E-state index in [1.165, 1.54) is 0 Å². The molecular formula is C13H22N2O2. The maximum atomic E-state index is 9.76. The molecule has 0 spiro atoms. The predicted molar refractivity (Wildman–Crippen MR) is 69.2 cm³/mol. The zero-order valence-electron chi connectivity index (χ0n) is 10.9. The highest BCUT2D eigenvalue weighted by molar-refractivity contribution is 5.49. The summed E-state index contributed by atoms with van der Waals surface area (Å²) in [6.45, 7) is 6.10. The van der Waals surface area contributed by atoms with Crippen molar-refractivity contribution in [1.82, 2.24) is 0 Å². The zero-order valence-corrected chi connectivity index (χ0v) is 10.9. The molecule has 2 unspecified atom stereocenters. The van der Waals surface area contributed by atoms with Gasteiger partial charge in [-0.25, -0.2) is 0 Å². The van der Waals surface area contributed by atoms with E-state index < -0.39 is 12.1 Å². The summed E-state index contributed by atoms with van der Waals surface area (Å²) in [7, 11) is 1.65. The van der Waals surface area contributed by atoms with Crippen molar-refractivity contribution in [2.24, 2.45) is 11.5 Å². The Balaban J connectivity index is 3.30. The molecule has 5 N–H and O–H groups in total. The molecule has 0 aliphatic rings. The van der Waals surface area contributed by atoms with Gasteiger partial charge in [-0.3, -0.25) is 0 Å². The Kier molecular flexibility index (Phi) is 4.51. The number of nitrogens with two attached hydrogens (primary N) is 2. The molecule has 4 nitrogen and oxygen atoms in total. The van der Waals surface area contributed by atoms with Crippen molar-refractivity contribution in [3.8, 4) is 5.75 Å². The van der Waals surface area contributed by atoms with Gasteiger partial charge in [0.05, 0.1) is 19.3 Å². The van der Waals surface area contributed by atoms with E-state index in [4.69, 9.17) is 16.2 Å². The Morgan fingerprint density at radius 3 is 2.35 bits per heavy atom. The number of aliphatic hydroxyl groups is 1. The van der Waals surface area contributed by atoms with E-state index in [0.29, 0.717) is 0 Å². The largest absolute Gasteiger partial charge is 0.496 e. The molecule has 0 bridgehead atoms. The maximum Gasteiger partial charge on any atom is 0.122 e. The summed E-state index contributed by atoms with van der Waals surface area (Å²) in [5, 5.41) is 9.76. The summed E-state index contributed by atoms with van der Waals surface area (Å²) in [5.41, 5.74) is 15.6. The number of hydrogen-bond donors (Lipinski definition) is 3. The first kappa shape index (κ1) is 14.0. The van der Waals surface area contributed by atoms with E-state index in [1.54, 1.807) is 7.11 Å². The average Bonchev–Trinajstić information content (AvgIpc) is 2.32. The van der Waals surface area contributed by atoms with Gasteiger partial charge in [-0.2, -0.15) is 0 Å². The lowest BCUT2D eigenvalue weighted by atomic mass is 9.90. The molecule has 0 fully saturated rings. The summed E-state index contributed by atoms with van der Waals surface area (Å²) in [4.78, 5) is 0. The lowest BCUT2D eigenvalue weighted by Crippen LogP contribution is -2.33. The van der Waals surface area contributed by atoms with Crippen LogP contribution in [-0.2, 0) is 0 Å². The molecule has 0 heterocycles. The molecule has 0 aliphatic carbocycles. The van der Waals surface area contributed by atoms with Gasteiger partial charge < -0.3 is 21.3 Å². The minimum absolute atomic E-state index is 0.158. The first-order valence-electron chi connectivity index (χ1n) is 5.72. The highest BCUT2D eigenvalue weighted by atomic mass is 16.5. The third-order valence-electron chi connectivity index (χ3n) is 3.32. The Hall–Kier alpha value is -1.10. The van der Waals surface area contributed by atoms with Gasteiger partial charge in [0, 0.05) is 6.54 Å². The summed E-state index contributed by atoms with van der Waals surface area (Å²) < 4.78 is 5.30. The Labute approximate surface area is 103 Å². The fraction of sp³-hybridized carbons (Fsp3) is 0.538. The third-order valence-corrected chi connectivity index (χ3v) is 3.32. The van der Waals surface area contributed by atoms with Crippen molar-refractivity contribution in [2.45, 2.75) is 32.9 Å². The molecule has 0 saturated carbocycles. The minimum Gasteiger partial charge on any atom is -0.496 e. The third kappa shape index (κ3) is 2.60. The van der Waals surface area contributed by atoms with Crippen LogP contribution in [0.4, 0.5) is 0 Å². The normalized spacial score (nSPS) is 14.5. The Bertz CT molecular complexity index is 405. The van der Waals surface area contributed by atoms with Crippen LogP contribution in [0.5, 0.6) is 5.75 Å². The van der Waals surface area contributed by atoms with Crippen molar-refractivity contribution in [2.75, 3.05) is 13.7 Å². The highest BCUT2D eigenvalue weighted by Gasteiger charge is 2.21. The van der Waals surface area contributed by atoms with Crippen molar-refractivity contribution in [1.29, 1.82) is 0 Å². The van der Waals surface area contributed by atoms with Crippen LogP contribution in [0, 0.1) is 20.8 Å². The van der Waals surface area contributed by atoms with Crippen LogP contribution >= 0.6 is 0 Å². The van der Waals surface area contributed by atoms with Crippen LogP contribution in [0.1, 0.15) is 28.3 Å². The smallest absolute Gasteiger partial charge is 0.122 e. The molecule has 1 aromatic carbocycles. The molecule has 0 aromatic heterocycles. The minimum atomic E-state index is -0.722. The van der Waals surface area contributed by atoms with Gasteiger partial charge in [-0.15, -0.1) is 0 Å². The molecule has 17 heavy (non-hydrogen) atoms. The molecule has 0 aliphatic heterocycles. The van der Waals surface area contributed by atoms with Crippen molar-refractivity contribution in [3.05, 3.63) is 28.3 Å². The number of aliphatic hydroxyl groups excluding tert-OH is 1. The van der Waals surface area contributed by atoms with Gasteiger partial charge in [0.15, 0.2) is 0 Å².